The van der Waals surface area contributed by atoms with Crippen molar-refractivity contribution in [3.8, 4) is 5.75 Å². The average Bonchev–Trinajstić information content (AvgIpc) is 3.21. The molecule has 6 nitrogen and oxygen atoms in total. The lowest BCUT2D eigenvalue weighted by Gasteiger charge is -2.31. The van der Waals surface area contributed by atoms with Crippen LogP contribution in [-0.4, -0.2) is 55.6 Å². The molecule has 1 aliphatic heterocycles. The summed E-state index contributed by atoms with van der Waals surface area (Å²) in [4.78, 5) is 22.2. The van der Waals surface area contributed by atoms with Gasteiger partial charge in [-0.15, -0.1) is 0 Å². The molecule has 0 unspecified atom stereocenters. The number of hydrogen-bond donors (Lipinski definition) is 1. The summed E-state index contributed by atoms with van der Waals surface area (Å²) in [6.07, 6.45) is 3.33. The predicted octanol–water partition coefficient (Wildman–Crippen LogP) is 4.87. The minimum Gasteiger partial charge on any atom is -0.494 e. The number of anilines is 2. The topological polar surface area (TPSA) is 57.7 Å². The molecule has 7 heteroatoms. The summed E-state index contributed by atoms with van der Waals surface area (Å²) < 4.78 is 6.86. The summed E-state index contributed by atoms with van der Waals surface area (Å²) in [5.74, 6) is 0.598. The van der Waals surface area contributed by atoms with Crippen LogP contribution in [0.2, 0.25) is 0 Å². The highest BCUT2D eigenvalue weighted by Crippen LogP contribution is 2.31. The van der Waals surface area contributed by atoms with Crippen LogP contribution in [0.25, 0.3) is 10.2 Å². The van der Waals surface area contributed by atoms with E-state index < -0.39 is 0 Å². The fraction of sp³-hybridized carbons (Fsp3) is 0.417. The van der Waals surface area contributed by atoms with Crippen LogP contribution in [0, 0.1) is 0 Å². The first kappa shape index (κ1) is 21.6. The van der Waals surface area contributed by atoms with Crippen LogP contribution >= 0.6 is 11.3 Å². The van der Waals surface area contributed by atoms with Gasteiger partial charge < -0.3 is 19.9 Å². The Kier molecular flexibility index (Phi) is 7.04. The van der Waals surface area contributed by atoms with E-state index in [9.17, 15) is 4.79 Å². The number of nitrogens with one attached hydrogen (secondary N) is 1. The molecule has 0 saturated carbocycles. The summed E-state index contributed by atoms with van der Waals surface area (Å²) in [5.41, 5.74) is 2.34. The Morgan fingerprint density at radius 2 is 1.97 bits per heavy atom. The van der Waals surface area contributed by atoms with E-state index in [4.69, 9.17) is 9.72 Å². The van der Waals surface area contributed by atoms with Crippen molar-refractivity contribution in [2.75, 3.05) is 50.1 Å². The Morgan fingerprint density at radius 1 is 1.13 bits per heavy atom. The smallest absolute Gasteiger partial charge is 0.255 e. The van der Waals surface area contributed by atoms with Gasteiger partial charge in [0.2, 0.25) is 0 Å². The number of aromatic nitrogens is 1. The average molecular weight is 439 g/mol. The number of hydrogen-bond acceptors (Lipinski definition) is 6. The lowest BCUT2D eigenvalue weighted by Crippen LogP contribution is -2.44. The molecule has 1 aliphatic rings. The quantitative estimate of drug-likeness (QED) is 0.509. The van der Waals surface area contributed by atoms with Crippen LogP contribution in [0.4, 0.5) is 10.8 Å². The molecule has 2 heterocycles. The normalized spacial score (nSPS) is 14.7. The third-order valence-electron chi connectivity index (χ3n) is 5.52. The van der Waals surface area contributed by atoms with Gasteiger partial charge in [-0.2, -0.15) is 0 Å². The maximum Gasteiger partial charge on any atom is 0.255 e. The summed E-state index contributed by atoms with van der Waals surface area (Å²) in [6, 6.07) is 13.3. The number of benzene rings is 2. The Bertz CT molecular complexity index is 1030. The first-order valence-electron chi connectivity index (χ1n) is 11.0. The fourth-order valence-electron chi connectivity index (χ4n) is 3.60. The van der Waals surface area contributed by atoms with Crippen molar-refractivity contribution in [3.05, 3.63) is 48.0 Å². The highest BCUT2D eigenvalue weighted by atomic mass is 32.1. The third-order valence-corrected chi connectivity index (χ3v) is 6.60. The van der Waals surface area contributed by atoms with Gasteiger partial charge >= 0.3 is 0 Å². The van der Waals surface area contributed by atoms with Gasteiger partial charge in [0, 0.05) is 37.4 Å². The standard InChI is InChI=1S/C24H30N4O2S/c1-3-4-5-15-30-20-8-6-7-18(16-20)23(29)25-19-9-10-21-22(17-19)31-24(26-21)28-13-11-27(2)12-14-28/h6-10,16-17H,3-5,11-15H2,1-2H3,(H,25,29). The van der Waals surface area contributed by atoms with Crippen molar-refractivity contribution in [2.24, 2.45) is 0 Å². The number of likely N-dealkylation sites (N-methyl/N-ethyl adjacent to an activating group) is 1. The van der Waals surface area contributed by atoms with E-state index in [0.717, 1.165) is 72.2 Å². The van der Waals surface area contributed by atoms with E-state index in [1.807, 2.05) is 36.4 Å². The van der Waals surface area contributed by atoms with Gasteiger partial charge in [0.1, 0.15) is 5.75 Å². The van der Waals surface area contributed by atoms with E-state index >= 15 is 0 Å². The largest absolute Gasteiger partial charge is 0.494 e. The second-order valence-corrected chi connectivity index (χ2v) is 9.02. The monoisotopic (exact) mass is 438 g/mol. The Morgan fingerprint density at radius 3 is 2.77 bits per heavy atom. The molecule has 0 aliphatic carbocycles. The maximum atomic E-state index is 12.8. The van der Waals surface area contributed by atoms with Crippen molar-refractivity contribution < 1.29 is 9.53 Å². The number of amides is 1. The van der Waals surface area contributed by atoms with Crippen LogP contribution in [0.3, 0.4) is 0 Å². The Labute approximate surface area is 187 Å². The number of carbonyl (C=O) groups excluding carboxylic acids is 1. The first-order valence-corrected chi connectivity index (χ1v) is 11.8. The highest BCUT2D eigenvalue weighted by Gasteiger charge is 2.18. The number of nitrogens with zero attached hydrogens (tertiary/aromatic N) is 3. The number of carbonyl (C=O) groups is 1. The minimum atomic E-state index is -0.137. The molecule has 0 radical (unpaired) electrons. The molecule has 1 N–H and O–H groups in total. The number of unbranched alkanes of at least 4 members (excludes halogenated alkanes) is 2. The van der Waals surface area contributed by atoms with Crippen LogP contribution in [0.15, 0.2) is 42.5 Å². The van der Waals surface area contributed by atoms with Crippen LogP contribution in [0.5, 0.6) is 5.75 Å². The Balaban J connectivity index is 1.41. The summed E-state index contributed by atoms with van der Waals surface area (Å²) >= 11 is 1.68. The number of rotatable bonds is 8. The lowest BCUT2D eigenvalue weighted by molar-refractivity contribution is 0.102. The molecule has 1 fully saturated rings. The van der Waals surface area contributed by atoms with E-state index in [0.29, 0.717) is 12.2 Å². The van der Waals surface area contributed by atoms with E-state index in [2.05, 4.69) is 29.1 Å². The van der Waals surface area contributed by atoms with Crippen molar-refractivity contribution in [2.45, 2.75) is 26.2 Å². The molecule has 0 atom stereocenters. The van der Waals surface area contributed by atoms with Gasteiger partial charge in [-0.3, -0.25) is 4.79 Å². The SMILES string of the molecule is CCCCCOc1cccc(C(=O)Nc2ccc3nc(N4CCN(C)CC4)sc3c2)c1. The van der Waals surface area contributed by atoms with Crippen molar-refractivity contribution in [1.29, 1.82) is 0 Å². The number of ether oxygens (including phenoxy) is 1. The molecule has 1 saturated heterocycles. The summed E-state index contributed by atoms with van der Waals surface area (Å²) in [5, 5.41) is 4.07. The van der Waals surface area contributed by atoms with Crippen LogP contribution in [-0.2, 0) is 0 Å². The van der Waals surface area contributed by atoms with Gasteiger partial charge in [-0.05, 0) is 49.9 Å². The molecule has 4 rings (SSSR count). The van der Waals surface area contributed by atoms with Crippen LogP contribution < -0.4 is 15.0 Å². The molecule has 164 valence electrons. The van der Waals surface area contributed by atoms with Crippen molar-refractivity contribution in [1.82, 2.24) is 9.88 Å². The van der Waals surface area contributed by atoms with Gasteiger partial charge in [0.25, 0.3) is 5.91 Å². The first-order chi connectivity index (χ1) is 15.1. The van der Waals surface area contributed by atoms with Crippen LogP contribution in [0.1, 0.15) is 36.5 Å². The molecule has 0 bridgehead atoms. The highest BCUT2D eigenvalue weighted by molar-refractivity contribution is 7.22. The van der Waals surface area contributed by atoms with Gasteiger partial charge in [-0.25, -0.2) is 4.98 Å². The molecular formula is C24H30N4O2S. The minimum absolute atomic E-state index is 0.137. The third kappa shape index (κ3) is 5.54. The zero-order chi connectivity index (χ0) is 21.6. The molecular weight excluding hydrogens is 408 g/mol. The summed E-state index contributed by atoms with van der Waals surface area (Å²) in [7, 11) is 2.15. The van der Waals surface area contributed by atoms with Gasteiger partial charge in [0.15, 0.2) is 5.13 Å². The predicted molar refractivity (Wildman–Crippen MR) is 129 cm³/mol. The molecule has 31 heavy (non-hydrogen) atoms. The molecule has 0 spiro atoms. The number of piperazine rings is 1. The molecule has 2 aromatic carbocycles. The Hall–Kier alpha value is -2.64. The van der Waals surface area contributed by atoms with Gasteiger partial charge in [0.05, 0.1) is 16.8 Å². The second kappa shape index (κ2) is 10.1. The lowest BCUT2D eigenvalue weighted by atomic mass is 10.2. The number of fused-ring (bicyclic) bond motifs is 1. The number of thiazole rings is 1. The van der Waals surface area contributed by atoms with E-state index in [1.165, 1.54) is 0 Å². The van der Waals surface area contributed by atoms with Gasteiger partial charge in [-0.1, -0.05) is 37.2 Å². The maximum absolute atomic E-state index is 12.8. The van der Waals surface area contributed by atoms with E-state index in [1.54, 1.807) is 17.4 Å². The molecule has 1 aromatic heterocycles. The van der Waals surface area contributed by atoms with Crippen molar-refractivity contribution in [3.63, 3.8) is 0 Å². The van der Waals surface area contributed by atoms with Crippen molar-refractivity contribution >= 4 is 38.3 Å². The summed E-state index contributed by atoms with van der Waals surface area (Å²) in [6.45, 7) is 6.95. The fourth-order valence-corrected chi connectivity index (χ4v) is 4.65. The van der Waals surface area contributed by atoms with E-state index in [-0.39, 0.29) is 5.91 Å². The zero-order valence-corrected chi connectivity index (χ0v) is 19.1. The molecule has 1 amide bonds. The molecule has 3 aromatic rings. The second-order valence-electron chi connectivity index (χ2n) is 8.01. The zero-order valence-electron chi connectivity index (χ0n) is 18.3.